The van der Waals surface area contributed by atoms with Gasteiger partial charge in [-0.1, -0.05) is 20.8 Å². The molecule has 2 saturated heterocycles. The predicted octanol–water partition coefficient (Wildman–Crippen LogP) is 3.13. The van der Waals surface area contributed by atoms with E-state index >= 15 is 0 Å². The molecule has 0 bridgehead atoms. The number of hydrogen-bond acceptors (Lipinski definition) is 2. The maximum Gasteiger partial charge on any atom is 0.0359 e. The predicted molar refractivity (Wildman–Crippen MR) is 74.4 cm³/mol. The van der Waals surface area contributed by atoms with Gasteiger partial charge in [-0.3, -0.25) is 9.80 Å². The molecule has 0 aliphatic carbocycles. The molecular weight excluding hydrogens is 208 g/mol. The van der Waals surface area contributed by atoms with E-state index in [0.29, 0.717) is 5.54 Å². The van der Waals surface area contributed by atoms with Gasteiger partial charge in [0.25, 0.3) is 0 Å². The van der Waals surface area contributed by atoms with Crippen LogP contribution in [0.5, 0.6) is 0 Å². The molecule has 2 aliphatic rings. The minimum atomic E-state index is 0.470. The van der Waals surface area contributed by atoms with Crippen LogP contribution in [0, 0.1) is 0 Å². The first-order chi connectivity index (χ1) is 8.28. The molecule has 0 aromatic rings. The van der Waals surface area contributed by atoms with Crippen LogP contribution in [0.15, 0.2) is 0 Å². The summed E-state index contributed by atoms with van der Waals surface area (Å²) in [5.41, 5.74) is 0.470. The number of likely N-dealkylation sites (N-methyl/N-ethyl adjacent to an activating group) is 1. The summed E-state index contributed by atoms with van der Waals surface area (Å²) in [6.45, 7) is 12.4. The molecule has 0 aromatic carbocycles. The van der Waals surface area contributed by atoms with Crippen molar-refractivity contribution in [3.63, 3.8) is 0 Å². The molecular formula is C15H30N2. The van der Waals surface area contributed by atoms with Gasteiger partial charge in [0.05, 0.1) is 0 Å². The first-order valence-corrected chi connectivity index (χ1v) is 7.77. The first kappa shape index (κ1) is 13.4. The quantitative estimate of drug-likeness (QED) is 0.742. The summed E-state index contributed by atoms with van der Waals surface area (Å²) in [5.74, 6) is 0. The molecule has 2 nitrogen and oxygen atoms in total. The lowest BCUT2D eigenvalue weighted by atomic mass is 9.76. The van der Waals surface area contributed by atoms with E-state index in [-0.39, 0.29) is 0 Å². The molecule has 17 heavy (non-hydrogen) atoms. The Morgan fingerprint density at radius 3 is 2.12 bits per heavy atom. The van der Waals surface area contributed by atoms with Crippen molar-refractivity contribution in [1.82, 2.24) is 9.80 Å². The second-order valence-corrected chi connectivity index (χ2v) is 5.79. The second kappa shape index (κ2) is 5.71. The number of rotatable bonds is 4. The van der Waals surface area contributed by atoms with Crippen molar-refractivity contribution in [1.29, 1.82) is 0 Å². The fourth-order valence-electron chi connectivity index (χ4n) is 4.39. The van der Waals surface area contributed by atoms with Crippen molar-refractivity contribution in [2.75, 3.05) is 26.2 Å². The maximum atomic E-state index is 2.80. The van der Waals surface area contributed by atoms with E-state index in [0.717, 1.165) is 6.04 Å². The standard InChI is InChI=1S/C15H30N2/c1-4-15(5-2)14(16-11-7-8-12-16)10-9-13-17(15)6-3/h14H,4-13H2,1-3H3. The fourth-order valence-corrected chi connectivity index (χ4v) is 4.39. The van der Waals surface area contributed by atoms with Crippen LogP contribution >= 0.6 is 0 Å². The van der Waals surface area contributed by atoms with Crippen molar-refractivity contribution in [3.8, 4) is 0 Å². The summed E-state index contributed by atoms with van der Waals surface area (Å²) >= 11 is 0. The van der Waals surface area contributed by atoms with Gasteiger partial charge in [-0.15, -0.1) is 0 Å². The Kier molecular flexibility index (Phi) is 4.48. The van der Waals surface area contributed by atoms with E-state index in [2.05, 4.69) is 30.6 Å². The number of likely N-dealkylation sites (tertiary alicyclic amines) is 2. The summed E-state index contributed by atoms with van der Waals surface area (Å²) in [6, 6.07) is 0.827. The SMILES string of the molecule is CCN1CCCC(N2CCCC2)C1(CC)CC. The minimum Gasteiger partial charge on any atom is -0.299 e. The number of hydrogen-bond donors (Lipinski definition) is 0. The van der Waals surface area contributed by atoms with Crippen LogP contribution in [0.4, 0.5) is 0 Å². The van der Waals surface area contributed by atoms with Crippen molar-refractivity contribution in [2.24, 2.45) is 0 Å². The van der Waals surface area contributed by atoms with Gasteiger partial charge in [-0.2, -0.15) is 0 Å². The van der Waals surface area contributed by atoms with E-state index in [9.17, 15) is 0 Å². The molecule has 0 N–H and O–H groups in total. The Morgan fingerprint density at radius 1 is 0.941 bits per heavy atom. The van der Waals surface area contributed by atoms with E-state index in [1.807, 2.05) is 0 Å². The van der Waals surface area contributed by atoms with Gasteiger partial charge in [-0.25, -0.2) is 0 Å². The molecule has 0 radical (unpaired) electrons. The molecule has 2 aliphatic heterocycles. The van der Waals surface area contributed by atoms with E-state index < -0.39 is 0 Å². The van der Waals surface area contributed by atoms with Crippen molar-refractivity contribution in [2.45, 2.75) is 70.9 Å². The van der Waals surface area contributed by atoms with E-state index in [4.69, 9.17) is 0 Å². The van der Waals surface area contributed by atoms with Gasteiger partial charge in [-0.05, 0) is 64.7 Å². The van der Waals surface area contributed by atoms with Crippen LogP contribution in [0.1, 0.15) is 59.3 Å². The van der Waals surface area contributed by atoms with Gasteiger partial charge in [0.15, 0.2) is 0 Å². The maximum absolute atomic E-state index is 2.80. The zero-order valence-electron chi connectivity index (χ0n) is 12.0. The molecule has 1 unspecified atom stereocenters. The summed E-state index contributed by atoms with van der Waals surface area (Å²) in [4.78, 5) is 5.58. The molecule has 0 aromatic heterocycles. The largest absolute Gasteiger partial charge is 0.299 e. The van der Waals surface area contributed by atoms with Crippen molar-refractivity contribution < 1.29 is 0 Å². The molecule has 0 amide bonds. The molecule has 100 valence electrons. The number of nitrogens with zero attached hydrogens (tertiary/aromatic N) is 2. The highest BCUT2D eigenvalue weighted by Crippen LogP contribution is 2.38. The first-order valence-electron chi connectivity index (χ1n) is 7.77. The van der Waals surface area contributed by atoms with Gasteiger partial charge < -0.3 is 0 Å². The molecule has 0 saturated carbocycles. The third-order valence-corrected chi connectivity index (χ3v) is 5.34. The molecule has 2 rings (SSSR count). The van der Waals surface area contributed by atoms with Crippen LogP contribution in [0.3, 0.4) is 0 Å². The van der Waals surface area contributed by atoms with Crippen molar-refractivity contribution in [3.05, 3.63) is 0 Å². The van der Waals surface area contributed by atoms with Crippen LogP contribution in [-0.2, 0) is 0 Å². The normalized spacial score (nSPS) is 30.9. The van der Waals surface area contributed by atoms with Crippen molar-refractivity contribution >= 4 is 0 Å². The fraction of sp³-hybridized carbons (Fsp3) is 1.00. The molecule has 2 heteroatoms. The lowest BCUT2D eigenvalue weighted by Gasteiger charge is -2.54. The van der Waals surface area contributed by atoms with Gasteiger partial charge in [0, 0.05) is 11.6 Å². The summed E-state index contributed by atoms with van der Waals surface area (Å²) < 4.78 is 0. The summed E-state index contributed by atoms with van der Waals surface area (Å²) in [5, 5.41) is 0. The lowest BCUT2D eigenvalue weighted by Crippen LogP contribution is -2.64. The van der Waals surface area contributed by atoms with Crippen LogP contribution in [-0.4, -0.2) is 47.6 Å². The smallest absolute Gasteiger partial charge is 0.0359 e. The van der Waals surface area contributed by atoms with E-state index in [1.54, 1.807) is 0 Å². The highest BCUT2D eigenvalue weighted by molar-refractivity contribution is 5.03. The average molecular weight is 238 g/mol. The van der Waals surface area contributed by atoms with Crippen LogP contribution < -0.4 is 0 Å². The summed E-state index contributed by atoms with van der Waals surface area (Å²) in [7, 11) is 0. The highest BCUT2D eigenvalue weighted by atomic mass is 15.3. The zero-order chi connectivity index (χ0) is 12.3. The third kappa shape index (κ3) is 2.26. The second-order valence-electron chi connectivity index (χ2n) is 5.79. The Labute approximate surface area is 107 Å². The van der Waals surface area contributed by atoms with Gasteiger partial charge in [0.2, 0.25) is 0 Å². The Morgan fingerprint density at radius 2 is 1.59 bits per heavy atom. The van der Waals surface area contributed by atoms with E-state index in [1.165, 1.54) is 64.7 Å². The molecule has 1 atom stereocenters. The number of piperidine rings is 1. The van der Waals surface area contributed by atoms with Gasteiger partial charge >= 0.3 is 0 Å². The highest BCUT2D eigenvalue weighted by Gasteiger charge is 2.45. The Bertz CT molecular complexity index is 229. The topological polar surface area (TPSA) is 6.48 Å². The monoisotopic (exact) mass is 238 g/mol. The zero-order valence-corrected chi connectivity index (χ0v) is 12.0. The minimum absolute atomic E-state index is 0.470. The van der Waals surface area contributed by atoms with Crippen LogP contribution in [0.25, 0.3) is 0 Å². The molecule has 2 heterocycles. The molecule has 2 fully saturated rings. The third-order valence-electron chi connectivity index (χ3n) is 5.34. The van der Waals surface area contributed by atoms with Gasteiger partial charge in [0.1, 0.15) is 0 Å². The summed E-state index contributed by atoms with van der Waals surface area (Å²) in [6.07, 6.45) is 8.31. The Hall–Kier alpha value is -0.0800. The van der Waals surface area contributed by atoms with Crippen LogP contribution in [0.2, 0.25) is 0 Å². The average Bonchev–Trinajstić information content (AvgIpc) is 2.91. The molecule has 0 spiro atoms. The Balaban J connectivity index is 2.20. The lowest BCUT2D eigenvalue weighted by molar-refractivity contribution is -0.0340.